The second kappa shape index (κ2) is 64.9. The molecule has 0 aliphatic rings. The predicted molar refractivity (Wildman–Crippen MR) is 334 cm³/mol. The number of rotatable bonds is 59. The Morgan fingerprint density at radius 3 is 0.792 bits per heavy atom. The topological polar surface area (TPSA) is 78.9 Å². The third-order valence-corrected chi connectivity index (χ3v) is 14.0. The van der Waals surface area contributed by atoms with Crippen molar-refractivity contribution >= 4 is 17.9 Å². The molecule has 0 aliphatic heterocycles. The Hall–Kier alpha value is -3.67. The van der Waals surface area contributed by atoms with Crippen LogP contribution in [0.25, 0.3) is 0 Å². The van der Waals surface area contributed by atoms with Gasteiger partial charge in [0.25, 0.3) is 0 Å². The van der Waals surface area contributed by atoms with Crippen LogP contribution >= 0.6 is 0 Å². The second-order valence-electron chi connectivity index (χ2n) is 21.6. The summed E-state index contributed by atoms with van der Waals surface area (Å²) in [5.41, 5.74) is 0. The maximum absolute atomic E-state index is 12.9. The van der Waals surface area contributed by atoms with Crippen molar-refractivity contribution in [1.82, 2.24) is 0 Å². The van der Waals surface area contributed by atoms with Crippen LogP contribution in [0.1, 0.15) is 316 Å². The molecule has 0 amide bonds. The highest BCUT2D eigenvalue weighted by molar-refractivity contribution is 5.71. The average Bonchev–Trinajstić information content (AvgIpc) is 3.43. The summed E-state index contributed by atoms with van der Waals surface area (Å²) in [6.07, 6.45) is 86.9. The van der Waals surface area contributed by atoms with Gasteiger partial charge in [-0.05, 0) is 122 Å². The molecule has 6 nitrogen and oxygen atoms in total. The molecule has 0 aromatic heterocycles. The summed E-state index contributed by atoms with van der Waals surface area (Å²) in [6, 6.07) is 0. The number of carbonyl (C=O) groups excluding carboxylic acids is 3. The first kappa shape index (κ1) is 73.3. The molecule has 0 radical (unpaired) electrons. The molecule has 0 aliphatic carbocycles. The fourth-order valence-corrected chi connectivity index (χ4v) is 9.14. The van der Waals surface area contributed by atoms with Crippen molar-refractivity contribution in [3.8, 4) is 0 Å². The van der Waals surface area contributed by atoms with Gasteiger partial charge in [-0.2, -0.15) is 0 Å². The second-order valence-corrected chi connectivity index (χ2v) is 21.6. The van der Waals surface area contributed by atoms with E-state index in [2.05, 4.69) is 118 Å². The Morgan fingerprint density at radius 2 is 0.506 bits per heavy atom. The van der Waals surface area contributed by atoms with Crippen molar-refractivity contribution in [3.05, 3.63) is 97.2 Å². The van der Waals surface area contributed by atoms with E-state index in [1.54, 1.807) is 0 Å². The van der Waals surface area contributed by atoms with Gasteiger partial charge in [0.15, 0.2) is 6.10 Å². The van der Waals surface area contributed by atoms with Gasteiger partial charge in [0.05, 0.1) is 0 Å². The largest absolute Gasteiger partial charge is 0.462 e. The van der Waals surface area contributed by atoms with Crippen molar-refractivity contribution in [3.63, 3.8) is 0 Å². The highest BCUT2D eigenvalue weighted by atomic mass is 16.6. The number of carbonyl (C=O) groups is 3. The van der Waals surface area contributed by atoms with Crippen molar-refractivity contribution in [2.75, 3.05) is 13.2 Å². The van der Waals surface area contributed by atoms with E-state index in [9.17, 15) is 14.4 Å². The molecule has 0 saturated carbocycles. The smallest absolute Gasteiger partial charge is 0.306 e. The molecule has 1 unspecified atom stereocenters. The maximum atomic E-state index is 12.9. The lowest BCUT2D eigenvalue weighted by atomic mass is 10.1. The molecular weight excluding hydrogens is 949 g/mol. The van der Waals surface area contributed by atoms with Gasteiger partial charge in [-0.1, -0.05) is 272 Å². The maximum Gasteiger partial charge on any atom is 0.306 e. The quantitative estimate of drug-likeness (QED) is 0.0261. The van der Waals surface area contributed by atoms with Crippen LogP contribution in [0.15, 0.2) is 97.2 Å². The van der Waals surface area contributed by atoms with Gasteiger partial charge < -0.3 is 14.2 Å². The molecule has 77 heavy (non-hydrogen) atoms. The zero-order valence-electron chi connectivity index (χ0n) is 50.7. The number of unbranched alkanes of at least 4 members (excludes halogenated alkanes) is 32. The van der Waals surface area contributed by atoms with E-state index in [0.717, 1.165) is 109 Å². The molecule has 0 fully saturated rings. The molecule has 0 rings (SSSR count). The summed E-state index contributed by atoms with van der Waals surface area (Å²) in [4.78, 5) is 38.4. The van der Waals surface area contributed by atoms with E-state index in [4.69, 9.17) is 14.2 Å². The fourth-order valence-electron chi connectivity index (χ4n) is 9.14. The lowest BCUT2D eigenvalue weighted by molar-refractivity contribution is -0.167. The zero-order chi connectivity index (χ0) is 55.7. The third-order valence-electron chi connectivity index (χ3n) is 14.0. The van der Waals surface area contributed by atoms with E-state index < -0.39 is 6.10 Å². The molecule has 0 heterocycles. The fraction of sp³-hybridized carbons (Fsp3) is 0.732. The Kier molecular flexibility index (Phi) is 61.8. The SMILES string of the molecule is CC/C=C\C/C=C\C/C=C\C/C=C\CCCCCCC(=O)OCC(COC(=O)CCCCCCCCCCC/C=C\C/C=C\CCCCCCC)OC(=O)CCCCCCCCCCC/C=C\C/C=C\CCCCCCC. The van der Waals surface area contributed by atoms with Gasteiger partial charge in [0.2, 0.25) is 0 Å². The van der Waals surface area contributed by atoms with Gasteiger partial charge in [0, 0.05) is 19.3 Å². The van der Waals surface area contributed by atoms with E-state index >= 15 is 0 Å². The van der Waals surface area contributed by atoms with E-state index in [1.807, 2.05) is 0 Å². The monoisotopic (exact) mass is 1070 g/mol. The zero-order valence-corrected chi connectivity index (χ0v) is 50.7. The number of allylic oxidation sites excluding steroid dienone is 16. The van der Waals surface area contributed by atoms with Crippen molar-refractivity contribution in [2.24, 2.45) is 0 Å². The molecule has 0 saturated heterocycles. The van der Waals surface area contributed by atoms with E-state index in [1.165, 1.54) is 167 Å². The van der Waals surface area contributed by atoms with Crippen LogP contribution in [0.3, 0.4) is 0 Å². The highest BCUT2D eigenvalue weighted by Gasteiger charge is 2.19. The molecule has 0 bridgehead atoms. The lowest BCUT2D eigenvalue weighted by Crippen LogP contribution is -2.30. The predicted octanol–water partition coefficient (Wildman–Crippen LogP) is 22.4. The number of ether oxygens (including phenoxy) is 3. The third kappa shape index (κ3) is 63.0. The van der Waals surface area contributed by atoms with Gasteiger partial charge >= 0.3 is 17.9 Å². The Morgan fingerprint density at radius 1 is 0.273 bits per heavy atom. The summed E-state index contributed by atoms with van der Waals surface area (Å²) in [6.45, 7) is 6.51. The van der Waals surface area contributed by atoms with Crippen molar-refractivity contribution in [2.45, 2.75) is 322 Å². The molecule has 0 spiro atoms. The Bertz CT molecular complexity index is 1510. The van der Waals surface area contributed by atoms with Gasteiger partial charge in [-0.3, -0.25) is 14.4 Å². The molecule has 0 N–H and O–H groups in total. The normalized spacial score (nSPS) is 12.7. The first-order chi connectivity index (χ1) is 38.0. The Balaban J connectivity index is 4.42. The summed E-state index contributed by atoms with van der Waals surface area (Å²) in [5, 5.41) is 0. The first-order valence-corrected chi connectivity index (χ1v) is 32.7. The lowest BCUT2D eigenvalue weighted by Gasteiger charge is -2.18. The van der Waals surface area contributed by atoms with Crippen LogP contribution in [0, 0.1) is 0 Å². The number of hydrogen-bond donors (Lipinski definition) is 0. The van der Waals surface area contributed by atoms with E-state index in [-0.39, 0.29) is 31.1 Å². The van der Waals surface area contributed by atoms with Crippen molar-refractivity contribution < 1.29 is 28.6 Å². The van der Waals surface area contributed by atoms with E-state index in [0.29, 0.717) is 19.3 Å². The van der Waals surface area contributed by atoms with Crippen LogP contribution in [0.4, 0.5) is 0 Å². The van der Waals surface area contributed by atoms with Crippen LogP contribution in [0.2, 0.25) is 0 Å². The first-order valence-electron chi connectivity index (χ1n) is 32.7. The molecule has 0 aromatic rings. The van der Waals surface area contributed by atoms with Crippen LogP contribution in [0.5, 0.6) is 0 Å². The molecular formula is C71H122O6. The number of hydrogen-bond acceptors (Lipinski definition) is 6. The average molecular weight is 1070 g/mol. The molecule has 442 valence electrons. The standard InChI is InChI=1S/C71H122O6/c1-4-7-10-13-16-19-22-25-28-31-33-35-37-40-43-46-49-52-55-58-61-64-70(73)76-67-68(66-75-69(72)63-60-57-54-51-48-45-42-39-30-27-24-21-18-15-12-9-6-3)77-71(74)65-62-59-56-53-50-47-44-41-38-36-34-32-29-26-23-20-17-14-11-8-5-2/h9,12,18,21-23,25-27,30-34,42,45,68H,4-8,10-11,13-17,19-20,24,28-29,35-41,43-44,46-67H2,1-3H3/b12-9-,21-18-,25-22-,26-23-,30-27-,33-31-,34-32-,45-42-. The van der Waals surface area contributed by atoms with Gasteiger partial charge in [-0.15, -0.1) is 0 Å². The summed E-state index contributed by atoms with van der Waals surface area (Å²) in [7, 11) is 0. The minimum Gasteiger partial charge on any atom is -0.462 e. The van der Waals surface area contributed by atoms with Gasteiger partial charge in [0.1, 0.15) is 13.2 Å². The minimum absolute atomic E-state index is 0.0891. The summed E-state index contributed by atoms with van der Waals surface area (Å²) >= 11 is 0. The summed E-state index contributed by atoms with van der Waals surface area (Å²) < 4.78 is 16.9. The molecule has 6 heteroatoms. The Labute approximate surface area is 477 Å². The number of esters is 3. The van der Waals surface area contributed by atoms with Crippen LogP contribution in [-0.2, 0) is 28.6 Å². The molecule has 1 atom stereocenters. The van der Waals surface area contributed by atoms with Crippen LogP contribution < -0.4 is 0 Å². The van der Waals surface area contributed by atoms with Crippen LogP contribution in [-0.4, -0.2) is 37.2 Å². The molecule has 0 aromatic carbocycles. The summed E-state index contributed by atoms with van der Waals surface area (Å²) in [5.74, 6) is -0.911. The minimum atomic E-state index is -0.795. The van der Waals surface area contributed by atoms with Gasteiger partial charge in [-0.25, -0.2) is 0 Å². The highest BCUT2D eigenvalue weighted by Crippen LogP contribution is 2.16. The van der Waals surface area contributed by atoms with Crippen molar-refractivity contribution in [1.29, 1.82) is 0 Å².